The normalized spacial score (nSPS) is 20.2. The first-order chi connectivity index (χ1) is 12.7. The van der Waals surface area contributed by atoms with Gasteiger partial charge in [0.1, 0.15) is 5.76 Å². The lowest BCUT2D eigenvalue weighted by Crippen LogP contribution is -2.48. The second-order valence-electron chi connectivity index (χ2n) is 8.01. The molecule has 1 aromatic heterocycles. The first-order valence-corrected chi connectivity index (χ1v) is 9.78. The molecule has 1 aliphatic heterocycles. The van der Waals surface area contributed by atoms with Gasteiger partial charge in [0.05, 0.1) is 12.2 Å². The zero-order valence-corrected chi connectivity index (χ0v) is 17.6. The van der Waals surface area contributed by atoms with Crippen molar-refractivity contribution in [1.82, 2.24) is 4.90 Å². The van der Waals surface area contributed by atoms with Gasteiger partial charge in [0.2, 0.25) is 0 Å². The Bertz CT molecular complexity index is 826. The van der Waals surface area contributed by atoms with Crippen LogP contribution >= 0.6 is 0 Å². The maximum atomic E-state index is 12.8. The smallest absolute Gasteiger partial charge is 0.289 e. The van der Waals surface area contributed by atoms with E-state index < -0.39 is 0 Å². The lowest BCUT2D eigenvalue weighted by atomic mass is 9.88. The van der Waals surface area contributed by atoms with E-state index in [0.717, 1.165) is 5.76 Å². The Kier molecular flexibility index (Phi) is 5.48. The van der Waals surface area contributed by atoms with Crippen molar-refractivity contribution in [2.24, 2.45) is 0 Å². The van der Waals surface area contributed by atoms with Gasteiger partial charge in [-0.15, -0.1) is 0 Å². The van der Waals surface area contributed by atoms with Crippen molar-refractivity contribution in [3.05, 3.63) is 57.0 Å². The zero-order chi connectivity index (χ0) is 19.9. The SMILES string of the molecule is Cc1c(C)c(C)c(Cc2ccc(C(=O)N3CC(C)OC(C)C3)o2)c(C)c1C. The Hall–Kier alpha value is -2.07. The summed E-state index contributed by atoms with van der Waals surface area (Å²) in [4.78, 5) is 14.7. The number of morpholine rings is 1. The summed E-state index contributed by atoms with van der Waals surface area (Å²) in [5.74, 6) is 1.21. The monoisotopic (exact) mass is 369 g/mol. The predicted molar refractivity (Wildman–Crippen MR) is 108 cm³/mol. The van der Waals surface area contributed by atoms with Crippen molar-refractivity contribution in [3.8, 4) is 0 Å². The van der Waals surface area contributed by atoms with Gasteiger partial charge in [-0.25, -0.2) is 0 Å². The van der Waals surface area contributed by atoms with Crippen LogP contribution in [0.1, 0.15) is 63.5 Å². The second-order valence-corrected chi connectivity index (χ2v) is 8.01. The summed E-state index contributed by atoms with van der Waals surface area (Å²) in [6, 6.07) is 3.74. The number of furan rings is 1. The molecule has 0 radical (unpaired) electrons. The van der Waals surface area contributed by atoms with E-state index in [1.54, 1.807) is 6.07 Å². The quantitative estimate of drug-likeness (QED) is 0.790. The first-order valence-electron chi connectivity index (χ1n) is 9.78. The molecule has 0 aliphatic carbocycles. The lowest BCUT2D eigenvalue weighted by molar-refractivity contribution is -0.0592. The van der Waals surface area contributed by atoms with Gasteiger partial charge in [0.25, 0.3) is 5.91 Å². The van der Waals surface area contributed by atoms with E-state index >= 15 is 0 Å². The Morgan fingerprint density at radius 3 is 2.00 bits per heavy atom. The summed E-state index contributed by atoms with van der Waals surface area (Å²) in [6.07, 6.45) is 0.815. The number of hydrogen-bond donors (Lipinski definition) is 0. The molecular formula is C23H31NO3. The summed E-state index contributed by atoms with van der Waals surface area (Å²) >= 11 is 0. The summed E-state index contributed by atoms with van der Waals surface area (Å²) < 4.78 is 11.7. The molecule has 1 amide bonds. The van der Waals surface area contributed by atoms with E-state index in [9.17, 15) is 4.79 Å². The lowest BCUT2D eigenvalue weighted by Gasteiger charge is -2.34. The number of rotatable bonds is 3. The van der Waals surface area contributed by atoms with Crippen LogP contribution in [-0.4, -0.2) is 36.1 Å². The van der Waals surface area contributed by atoms with Crippen LogP contribution in [0, 0.1) is 34.6 Å². The molecule has 0 N–H and O–H groups in total. The summed E-state index contributed by atoms with van der Waals surface area (Å²) in [5.41, 5.74) is 7.98. The van der Waals surface area contributed by atoms with Gasteiger partial charge in [-0.2, -0.15) is 0 Å². The number of benzene rings is 1. The molecule has 3 rings (SSSR count). The van der Waals surface area contributed by atoms with E-state index in [1.807, 2.05) is 24.8 Å². The van der Waals surface area contributed by atoms with Crippen molar-refractivity contribution in [2.45, 2.75) is 67.1 Å². The van der Waals surface area contributed by atoms with Crippen molar-refractivity contribution in [2.75, 3.05) is 13.1 Å². The molecular weight excluding hydrogens is 338 g/mol. The highest BCUT2D eigenvalue weighted by Crippen LogP contribution is 2.28. The molecule has 0 saturated carbocycles. The van der Waals surface area contributed by atoms with Crippen molar-refractivity contribution >= 4 is 5.91 Å². The fourth-order valence-electron chi connectivity index (χ4n) is 4.10. The van der Waals surface area contributed by atoms with Gasteiger partial charge in [-0.05, 0) is 94.0 Å². The van der Waals surface area contributed by atoms with Crippen LogP contribution in [0.2, 0.25) is 0 Å². The van der Waals surface area contributed by atoms with Gasteiger partial charge < -0.3 is 14.1 Å². The van der Waals surface area contributed by atoms with Crippen LogP contribution in [0.25, 0.3) is 0 Å². The molecule has 27 heavy (non-hydrogen) atoms. The number of amides is 1. The highest BCUT2D eigenvalue weighted by Gasteiger charge is 2.28. The minimum absolute atomic E-state index is 0.0482. The van der Waals surface area contributed by atoms with E-state index in [4.69, 9.17) is 9.15 Å². The molecule has 2 heterocycles. The van der Waals surface area contributed by atoms with Crippen LogP contribution in [0.4, 0.5) is 0 Å². The number of carbonyl (C=O) groups excluding carboxylic acids is 1. The minimum Gasteiger partial charge on any atom is -0.456 e. The zero-order valence-electron chi connectivity index (χ0n) is 17.6. The van der Waals surface area contributed by atoms with E-state index in [2.05, 4.69) is 34.6 Å². The maximum Gasteiger partial charge on any atom is 0.289 e. The van der Waals surface area contributed by atoms with Crippen LogP contribution in [0.3, 0.4) is 0 Å². The Balaban J connectivity index is 1.82. The third-order valence-corrected chi connectivity index (χ3v) is 6.09. The molecule has 1 fully saturated rings. The number of nitrogens with zero attached hydrogens (tertiary/aromatic N) is 1. The minimum atomic E-state index is -0.0482. The molecule has 2 aromatic rings. The highest BCUT2D eigenvalue weighted by molar-refractivity contribution is 5.91. The van der Waals surface area contributed by atoms with Crippen LogP contribution in [-0.2, 0) is 11.2 Å². The van der Waals surface area contributed by atoms with Gasteiger partial charge in [0.15, 0.2) is 5.76 Å². The molecule has 1 aromatic carbocycles. The molecule has 146 valence electrons. The molecule has 4 heteroatoms. The Morgan fingerprint density at radius 1 is 0.926 bits per heavy atom. The second kappa shape index (κ2) is 7.51. The number of ether oxygens (including phenoxy) is 1. The van der Waals surface area contributed by atoms with E-state index in [0.29, 0.717) is 25.3 Å². The molecule has 2 unspecified atom stereocenters. The van der Waals surface area contributed by atoms with Crippen LogP contribution < -0.4 is 0 Å². The third kappa shape index (κ3) is 3.81. The molecule has 0 bridgehead atoms. The maximum absolute atomic E-state index is 12.8. The molecule has 4 nitrogen and oxygen atoms in total. The van der Waals surface area contributed by atoms with E-state index in [-0.39, 0.29) is 18.1 Å². The van der Waals surface area contributed by atoms with Crippen molar-refractivity contribution in [1.29, 1.82) is 0 Å². The molecule has 2 atom stereocenters. The summed E-state index contributed by atoms with van der Waals surface area (Å²) in [6.45, 7) is 16.1. The van der Waals surface area contributed by atoms with Gasteiger partial charge >= 0.3 is 0 Å². The summed E-state index contributed by atoms with van der Waals surface area (Å²) in [7, 11) is 0. The predicted octanol–water partition coefficient (Wildman–Crippen LogP) is 4.66. The van der Waals surface area contributed by atoms with Gasteiger partial charge in [-0.1, -0.05) is 0 Å². The van der Waals surface area contributed by atoms with E-state index in [1.165, 1.54) is 33.4 Å². The average Bonchev–Trinajstić information content (AvgIpc) is 3.09. The van der Waals surface area contributed by atoms with Crippen molar-refractivity contribution in [3.63, 3.8) is 0 Å². The van der Waals surface area contributed by atoms with Crippen LogP contribution in [0.5, 0.6) is 0 Å². The number of hydrogen-bond acceptors (Lipinski definition) is 3. The highest BCUT2D eigenvalue weighted by atomic mass is 16.5. The van der Waals surface area contributed by atoms with Gasteiger partial charge in [0, 0.05) is 19.5 Å². The Labute approximate surface area is 162 Å². The molecule has 1 saturated heterocycles. The van der Waals surface area contributed by atoms with Crippen molar-refractivity contribution < 1.29 is 13.9 Å². The topological polar surface area (TPSA) is 42.7 Å². The standard InChI is InChI=1S/C23H31NO3/c1-13-11-24(12-14(2)26-13)23(25)22-9-8-20(27-22)10-21-18(6)16(4)15(3)17(5)19(21)7/h8-9,13-14H,10-12H2,1-7H3. The fourth-order valence-corrected chi connectivity index (χ4v) is 4.10. The largest absolute Gasteiger partial charge is 0.456 e. The third-order valence-electron chi connectivity index (χ3n) is 6.09. The molecule has 1 aliphatic rings. The molecule has 0 spiro atoms. The fraction of sp³-hybridized carbons (Fsp3) is 0.522. The van der Waals surface area contributed by atoms with Gasteiger partial charge in [-0.3, -0.25) is 4.79 Å². The van der Waals surface area contributed by atoms with Crippen LogP contribution in [0.15, 0.2) is 16.5 Å². The Morgan fingerprint density at radius 2 is 1.44 bits per heavy atom. The number of carbonyl (C=O) groups is 1. The average molecular weight is 370 g/mol. The first kappa shape index (κ1) is 19.7. The summed E-state index contributed by atoms with van der Waals surface area (Å²) in [5, 5.41) is 0.